The summed E-state index contributed by atoms with van der Waals surface area (Å²) in [6, 6.07) is 1.60. The van der Waals surface area contributed by atoms with Gasteiger partial charge in [-0.15, -0.1) is 24.8 Å². The van der Waals surface area contributed by atoms with E-state index in [0.29, 0.717) is 22.7 Å². The Balaban J connectivity index is 0.00000128. The largest absolute Gasteiger partial charge is 0.492 e. The maximum Gasteiger partial charge on any atom is 0.227 e. The lowest BCUT2D eigenvalue weighted by Gasteiger charge is -2.10. The van der Waals surface area contributed by atoms with Crippen LogP contribution in [-0.4, -0.2) is 24.7 Å². The van der Waals surface area contributed by atoms with E-state index in [1.165, 1.54) is 6.20 Å². The van der Waals surface area contributed by atoms with Crippen molar-refractivity contribution in [1.29, 1.82) is 0 Å². The summed E-state index contributed by atoms with van der Waals surface area (Å²) in [6.07, 6.45) is 2.54. The minimum Gasteiger partial charge on any atom is -0.492 e. The molecule has 1 saturated heterocycles. The van der Waals surface area contributed by atoms with Gasteiger partial charge in [-0.05, 0) is 28.9 Å². The molecule has 0 amide bonds. The van der Waals surface area contributed by atoms with Crippen LogP contribution in [0, 0.1) is 11.9 Å². The first kappa shape index (κ1) is 16.9. The maximum atomic E-state index is 12.8. The van der Waals surface area contributed by atoms with Gasteiger partial charge in [0.05, 0.1) is 17.3 Å². The molecular formula is C10H14BrCl2FN2O. The van der Waals surface area contributed by atoms with E-state index in [0.717, 1.165) is 19.5 Å². The molecule has 1 atom stereocenters. The van der Waals surface area contributed by atoms with Crippen molar-refractivity contribution in [3.05, 3.63) is 22.7 Å². The molecule has 2 rings (SSSR count). The number of hydrogen-bond donors (Lipinski definition) is 1. The van der Waals surface area contributed by atoms with E-state index in [9.17, 15) is 4.39 Å². The summed E-state index contributed by atoms with van der Waals surface area (Å²) in [5, 5.41) is 3.26. The Labute approximate surface area is 120 Å². The highest BCUT2D eigenvalue weighted by atomic mass is 79.9. The van der Waals surface area contributed by atoms with Gasteiger partial charge in [0.2, 0.25) is 5.95 Å². The monoisotopic (exact) mass is 346 g/mol. The first-order valence-corrected chi connectivity index (χ1v) is 5.69. The zero-order chi connectivity index (χ0) is 10.7. The molecule has 0 bridgehead atoms. The molecule has 98 valence electrons. The number of pyridine rings is 1. The summed E-state index contributed by atoms with van der Waals surface area (Å²) in [4.78, 5) is 3.57. The highest BCUT2D eigenvalue weighted by Crippen LogP contribution is 2.20. The van der Waals surface area contributed by atoms with Gasteiger partial charge in [-0.25, -0.2) is 4.98 Å². The van der Waals surface area contributed by atoms with E-state index in [1.807, 2.05) is 0 Å². The fourth-order valence-electron chi connectivity index (χ4n) is 1.55. The van der Waals surface area contributed by atoms with Crippen LogP contribution >= 0.6 is 40.7 Å². The van der Waals surface area contributed by atoms with Crippen LogP contribution in [0.1, 0.15) is 6.42 Å². The van der Waals surface area contributed by atoms with Crippen LogP contribution in [0.15, 0.2) is 16.7 Å². The van der Waals surface area contributed by atoms with Crippen molar-refractivity contribution >= 4 is 40.7 Å². The summed E-state index contributed by atoms with van der Waals surface area (Å²) in [5.41, 5.74) is 0. The standard InChI is InChI=1S/C10H12BrFN2O.2ClH/c11-9-3-8(5-14-10(9)12)15-6-7-1-2-13-4-7;;/h3,5,7,13H,1-2,4,6H2;2*1H/t7-;;/m1../s1. The Morgan fingerprint density at radius 1 is 1.53 bits per heavy atom. The third-order valence-corrected chi connectivity index (χ3v) is 2.98. The smallest absolute Gasteiger partial charge is 0.227 e. The minimum absolute atomic E-state index is 0. The molecule has 0 spiro atoms. The zero-order valence-corrected chi connectivity index (χ0v) is 12.2. The van der Waals surface area contributed by atoms with Crippen molar-refractivity contribution in [2.24, 2.45) is 5.92 Å². The topological polar surface area (TPSA) is 34.1 Å². The van der Waals surface area contributed by atoms with Gasteiger partial charge in [-0.1, -0.05) is 0 Å². The summed E-state index contributed by atoms with van der Waals surface area (Å²) in [7, 11) is 0. The number of nitrogens with one attached hydrogen (secondary N) is 1. The van der Waals surface area contributed by atoms with Crippen LogP contribution in [0.5, 0.6) is 5.75 Å². The van der Waals surface area contributed by atoms with Crippen molar-refractivity contribution in [3.8, 4) is 5.75 Å². The van der Waals surface area contributed by atoms with Crippen LogP contribution in [0.2, 0.25) is 0 Å². The number of ether oxygens (including phenoxy) is 1. The number of halogens is 4. The molecule has 1 aromatic heterocycles. The molecule has 0 saturated carbocycles. The second-order valence-corrected chi connectivity index (χ2v) is 4.47. The molecule has 0 unspecified atom stereocenters. The van der Waals surface area contributed by atoms with Crippen LogP contribution in [-0.2, 0) is 0 Å². The number of rotatable bonds is 3. The van der Waals surface area contributed by atoms with E-state index < -0.39 is 5.95 Å². The Kier molecular flexibility index (Phi) is 8.03. The summed E-state index contributed by atoms with van der Waals surface area (Å²) in [5.74, 6) is 0.647. The molecule has 1 N–H and O–H groups in total. The van der Waals surface area contributed by atoms with E-state index in [2.05, 4.69) is 26.2 Å². The van der Waals surface area contributed by atoms with Crippen LogP contribution < -0.4 is 10.1 Å². The van der Waals surface area contributed by atoms with Gasteiger partial charge in [0.1, 0.15) is 5.75 Å². The SMILES string of the molecule is Cl.Cl.Fc1ncc(OC[C@@H]2CCNC2)cc1Br. The Hall–Kier alpha value is -0.100. The molecule has 3 nitrogen and oxygen atoms in total. The molecule has 0 radical (unpaired) electrons. The van der Waals surface area contributed by atoms with Crippen molar-refractivity contribution in [3.63, 3.8) is 0 Å². The molecule has 7 heteroatoms. The van der Waals surface area contributed by atoms with Crippen LogP contribution in [0.25, 0.3) is 0 Å². The van der Waals surface area contributed by atoms with Gasteiger partial charge < -0.3 is 10.1 Å². The van der Waals surface area contributed by atoms with E-state index >= 15 is 0 Å². The first-order valence-electron chi connectivity index (χ1n) is 4.90. The molecule has 0 aromatic carbocycles. The Morgan fingerprint density at radius 2 is 2.29 bits per heavy atom. The molecule has 17 heavy (non-hydrogen) atoms. The van der Waals surface area contributed by atoms with Crippen molar-refractivity contribution in [2.45, 2.75) is 6.42 Å². The number of nitrogens with zero attached hydrogens (tertiary/aromatic N) is 1. The summed E-state index contributed by atoms with van der Waals surface area (Å²) in [6.45, 7) is 2.71. The second-order valence-electron chi connectivity index (χ2n) is 3.61. The maximum absolute atomic E-state index is 12.8. The van der Waals surface area contributed by atoms with Gasteiger partial charge in [-0.2, -0.15) is 4.39 Å². The van der Waals surface area contributed by atoms with E-state index in [1.54, 1.807) is 6.07 Å². The Morgan fingerprint density at radius 3 is 2.88 bits per heavy atom. The van der Waals surface area contributed by atoms with Gasteiger partial charge in [0, 0.05) is 18.5 Å². The predicted octanol–water partition coefficient (Wildman–Crippen LogP) is 2.82. The highest BCUT2D eigenvalue weighted by molar-refractivity contribution is 9.10. The highest BCUT2D eigenvalue weighted by Gasteiger charge is 2.15. The third-order valence-electron chi connectivity index (χ3n) is 2.42. The van der Waals surface area contributed by atoms with E-state index in [4.69, 9.17) is 4.74 Å². The lowest BCUT2D eigenvalue weighted by molar-refractivity contribution is 0.258. The minimum atomic E-state index is -0.509. The molecule has 0 aliphatic carbocycles. The normalized spacial score (nSPS) is 18.1. The van der Waals surface area contributed by atoms with Crippen molar-refractivity contribution < 1.29 is 9.13 Å². The Bertz CT molecular complexity index is 351. The number of aromatic nitrogens is 1. The second kappa shape index (κ2) is 8.08. The average Bonchev–Trinajstić information content (AvgIpc) is 2.73. The van der Waals surface area contributed by atoms with Crippen LogP contribution in [0.3, 0.4) is 0 Å². The average molecular weight is 348 g/mol. The first-order chi connectivity index (χ1) is 7.25. The fourth-order valence-corrected chi connectivity index (χ4v) is 1.88. The van der Waals surface area contributed by atoms with Gasteiger partial charge >= 0.3 is 0 Å². The molecule has 2 heterocycles. The van der Waals surface area contributed by atoms with Crippen molar-refractivity contribution in [1.82, 2.24) is 10.3 Å². The van der Waals surface area contributed by atoms with Crippen molar-refractivity contribution in [2.75, 3.05) is 19.7 Å². The fraction of sp³-hybridized carbons (Fsp3) is 0.500. The molecule has 1 fully saturated rings. The molecular weight excluding hydrogens is 334 g/mol. The number of hydrogen-bond acceptors (Lipinski definition) is 3. The van der Waals surface area contributed by atoms with Gasteiger partial charge in [0.15, 0.2) is 0 Å². The molecule has 1 aliphatic heterocycles. The lowest BCUT2D eigenvalue weighted by atomic mass is 10.1. The quantitative estimate of drug-likeness (QED) is 0.854. The third kappa shape index (κ3) is 4.95. The zero-order valence-electron chi connectivity index (χ0n) is 8.99. The van der Waals surface area contributed by atoms with Gasteiger partial charge in [0.25, 0.3) is 0 Å². The van der Waals surface area contributed by atoms with Crippen LogP contribution in [0.4, 0.5) is 4.39 Å². The molecule has 1 aromatic rings. The lowest BCUT2D eigenvalue weighted by Crippen LogP contribution is -2.15. The van der Waals surface area contributed by atoms with E-state index in [-0.39, 0.29) is 24.8 Å². The predicted molar refractivity (Wildman–Crippen MR) is 72.9 cm³/mol. The summed E-state index contributed by atoms with van der Waals surface area (Å²) < 4.78 is 18.7. The summed E-state index contributed by atoms with van der Waals surface area (Å²) >= 11 is 3.07. The van der Waals surface area contributed by atoms with Gasteiger partial charge in [-0.3, -0.25) is 0 Å². The molecule has 1 aliphatic rings.